The number of rotatable bonds is 2. The SMILES string of the molecule is CC1(C)CN(c2ccc(N)c(C(=O)O)c2)CCO1. The maximum Gasteiger partial charge on any atom is 0.337 e. The van der Waals surface area contributed by atoms with Crippen LogP contribution in [0, 0.1) is 0 Å². The highest BCUT2D eigenvalue weighted by Gasteiger charge is 2.27. The highest BCUT2D eigenvalue weighted by Crippen LogP contribution is 2.26. The average molecular weight is 250 g/mol. The monoisotopic (exact) mass is 250 g/mol. The predicted octanol–water partition coefficient (Wildman–Crippen LogP) is 1.58. The van der Waals surface area contributed by atoms with Crippen LogP contribution < -0.4 is 10.6 Å². The third kappa shape index (κ3) is 2.56. The van der Waals surface area contributed by atoms with Gasteiger partial charge in [-0.2, -0.15) is 0 Å². The van der Waals surface area contributed by atoms with Crippen LogP contribution in [0.1, 0.15) is 24.2 Å². The Labute approximate surface area is 106 Å². The molecule has 2 rings (SSSR count). The first-order chi connectivity index (χ1) is 8.39. The van der Waals surface area contributed by atoms with E-state index in [-0.39, 0.29) is 11.2 Å². The van der Waals surface area contributed by atoms with Crippen molar-refractivity contribution in [3.63, 3.8) is 0 Å². The summed E-state index contributed by atoms with van der Waals surface area (Å²) < 4.78 is 5.64. The molecule has 5 heteroatoms. The van der Waals surface area contributed by atoms with E-state index in [1.165, 1.54) is 0 Å². The van der Waals surface area contributed by atoms with Crippen LogP contribution in [0.2, 0.25) is 0 Å². The van der Waals surface area contributed by atoms with Crippen molar-refractivity contribution >= 4 is 17.3 Å². The molecule has 3 N–H and O–H groups in total. The van der Waals surface area contributed by atoms with Gasteiger partial charge in [-0.1, -0.05) is 0 Å². The maximum atomic E-state index is 11.1. The molecular weight excluding hydrogens is 232 g/mol. The normalized spacial score (nSPS) is 18.7. The number of nitrogens with zero attached hydrogens (tertiary/aromatic N) is 1. The molecule has 0 atom stereocenters. The van der Waals surface area contributed by atoms with E-state index in [0.29, 0.717) is 12.3 Å². The summed E-state index contributed by atoms with van der Waals surface area (Å²) in [6.07, 6.45) is 0. The Morgan fingerprint density at radius 1 is 1.50 bits per heavy atom. The molecule has 1 fully saturated rings. The molecule has 0 aliphatic carbocycles. The molecular formula is C13H18N2O3. The van der Waals surface area contributed by atoms with E-state index in [1.807, 2.05) is 19.9 Å². The van der Waals surface area contributed by atoms with Gasteiger partial charge < -0.3 is 20.5 Å². The molecule has 1 aliphatic rings. The zero-order valence-corrected chi connectivity index (χ0v) is 10.6. The molecule has 0 bridgehead atoms. The van der Waals surface area contributed by atoms with E-state index >= 15 is 0 Å². The van der Waals surface area contributed by atoms with Crippen LogP contribution in [0.15, 0.2) is 18.2 Å². The van der Waals surface area contributed by atoms with Crippen LogP contribution in [0.3, 0.4) is 0 Å². The third-order valence-corrected chi connectivity index (χ3v) is 3.06. The summed E-state index contributed by atoms with van der Waals surface area (Å²) in [5.41, 5.74) is 6.74. The van der Waals surface area contributed by atoms with Gasteiger partial charge in [-0.25, -0.2) is 4.79 Å². The van der Waals surface area contributed by atoms with Gasteiger partial charge in [-0.15, -0.1) is 0 Å². The van der Waals surface area contributed by atoms with Gasteiger partial charge in [0.2, 0.25) is 0 Å². The number of nitrogens with two attached hydrogens (primary N) is 1. The van der Waals surface area contributed by atoms with Crippen molar-refractivity contribution in [2.75, 3.05) is 30.3 Å². The van der Waals surface area contributed by atoms with Crippen LogP contribution in [0.25, 0.3) is 0 Å². The van der Waals surface area contributed by atoms with E-state index in [1.54, 1.807) is 12.1 Å². The second kappa shape index (κ2) is 4.49. The fourth-order valence-electron chi connectivity index (χ4n) is 2.16. The molecule has 1 heterocycles. The van der Waals surface area contributed by atoms with Gasteiger partial charge in [0.15, 0.2) is 0 Å². The number of nitrogen functional groups attached to an aromatic ring is 1. The van der Waals surface area contributed by atoms with Crippen molar-refractivity contribution in [2.45, 2.75) is 19.4 Å². The molecule has 1 aliphatic heterocycles. The van der Waals surface area contributed by atoms with Gasteiger partial charge in [-0.3, -0.25) is 0 Å². The molecule has 0 radical (unpaired) electrons. The first-order valence-electron chi connectivity index (χ1n) is 5.91. The number of hydrogen-bond acceptors (Lipinski definition) is 4. The van der Waals surface area contributed by atoms with Crippen LogP contribution in [0.4, 0.5) is 11.4 Å². The second-order valence-electron chi connectivity index (χ2n) is 5.11. The zero-order chi connectivity index (χ0) is 13.3. The Balaban J connectivity index is 2.28. The van der Waals surface area contributed by atoms with E-state index in [0.717, 1.165) is 18.8 Å². The Morgan fingerprint density at radius 2 is 2.22 bits per heavy atom. The van der Waals surface area contributed by atoms with Gasteiger partial charge in [-0.05, 0) is 32.0 Å². The quantitative estimate of drug-likeness (QED) is 0.779. The summed E-state index contributed by atoms with van der Waals surface area (Å²) in [4.78, 5) is 13.2. The molecule has 1 aromatic carbocycles. The predicted molar refractivity (Wildman–Crippen MR) is 70.1 cm³/mol. The van der Waals surface area contributed by atoms with Crippen molar-refractivity contribution in [3.05, 3.63) is 23.8 Å². The lowest BCUT2D eigenvalue weighted by Gasteiger charge is -2.39. The number of morpholine rings is 1. The largest absolute Gasteiger partial charge is 0.478 e. The molecule has 98 valence electrons. The number of anilines is 2. The van der Waals surface area contributed by atoms with Gasteiger partial charge in [0.05, 0.1) is 17.8 Å². The Bertz CT molecular complexity index is 471. The topological polar surface area (TPSA) is 75.8 Å². The van der Waals surface area contributed by atoms with Crippen molar-refractivity contribution in [2.24, 2.45) is 0 Å². The molecule has 0 spiro atoms. The van der Waals surface area contributed by atoms with Crippen molar-refractivity contribution < 1.29 is 14.6 Å². The summed E-state index contributed by atoms with van der Waals surface area (Å²) >= 11 is 0. The summed E-state index contributed by atoms with van der Waals surface area (Å²) in [7, 11) is 0. The first-order valence-corrected chi connectivity index (χ1v) is 5.91. The average Bonchev–Trinajstić information content (AvgIpc) is 2.27. The number of carboxylic acids is 1. The minimum atomic E-state index is -0.998. The second-order valence-corrected chi connectivity index (χ2v) is 5.11. The summed E-state index contributed by atoms with van der Waals surface area (Å²) in [6, 6.07) is 5.11. The third-order valence-electron chi connectivity index (χ3n) is 3.06. The lowest BCUT2D eigenvalue weighted by Crippen LogP contribution is -2.48. The van der Waals surface area contributed by atoms with Crippen LogP contribution in [-0.2, 0) is 4.74 Å². The fourth-order valence-corrected chi connectivity index (χ4v) is 2.16. The lowest BCUT2D eigenvalue weighted by molar-refractivity contribution is -0.0276. The minimum Gasteiger partial charge on any atom is -0.478 e. The van der Waals surface area contributed by atoms with Crippen LogP contribution in [0.5, 0.6) is 0 Å². The number of aromatic carboxylic acids is 1. The van der Waals surface area contributed by atoms with Crippen molar-refractivity contribution in [1.82, 2.24) is 0 Å². The fraction of sp³-hybridized carbons (Fsp3) is 0.462. The number of ether oxygens (including phenoxy) is 1. The first kappa shape index (κ1) is 12.7. The Morgan fingerprint density at radius 3 is 2.83 bits per heavy atom. The van der Waals surface area contributed by atoms with Gasteiger partial charge in [0.1, 0.15) is 0 Å². The highest BCUT2D eigenvalue weighted by molar-refractivity contribution is 5.94. The number of benzene rings is 1. The van der Waals surface area contributed by atoms with E-state index in [2.05, 4.69) is 4.90 Å². The smallest absolute Gasteiger partial charge is 0.337 e. The van der Waals surface area contributed by atoms with Crippen LogP contribution in [-0.4, -0.2) is 36.4 Å². The van der Waals surface area contributed by atoms with Crippen molar-refractivity contribution in [3.8, 4) is 0 Å². The Kier molecular flexibility index (Phi) is 3.17. The van der Waals surface area contributed by atoms with Crippen molar-refractivity contribution in [1.29, 1.82) is 0 Å². The molecule has 1 aromatic rings. The molecule has 1 saturated heterocycles. The zero-order valence-electron chi connectivity index (χ0n) is 10.6. The maximum absolute atomic E-state index is 11.1. The number of hydrogen-bond donors (Lipinski definition) is 2. The molecule has 18 heavy (non-hydrogen) atoms. The molecule has 5 nitrogen and oxygen atoms in total. The van der Waals surface area contributed by atoms with Gasteiger partial charge in [0.25, 0.3) is 0 Å². The minimum absolute atomic E-state index is 0.150. The van der Waals surface area contributed by atoms with E-state index < -0.39 is 5.97 Å². The highest BCUT2D eigenvalue weighted by atomic mass is 16.5. The summed E-state index contributed by atoms with van der Waals surface area (Å²) in [5, 5.41) is 9.07. The summed E-state index contributed by atoms with van der Waals surface area (Å²) in [6.45, 7) is 6.17. The molecule has 0 unspecified atom stereocenters. The standard InChI is InChI=1S/C13H18N2O3/c1-13(2)8-15(5-6-18-13)9-3-4-11(14)10(7-9)12(16)17/h3-4,7H,5-6,8,14H2,1-2H3,(H,16,17). The van der Waals surface area contributed by atoms with Crippen LogP contribution >= 0.6 is 0 Å². The lowest BCUT2D eigenvalue weighted by atomic mass is 10.1. The summed E-state index contributed by atoms with van der Waals surface area (Å²) in [5.74, 6) is -0.998. The number of carbonyl (C=O) groups is 1. The van der Waals surface area contributed by atoms with Gasteiger partial charge in [0, 0.05) is 24.5 Å². The van der Waals surface area contributed by atoms with E-state index in [9.17, 15) is 4.79 Å². The molecule has 0 saturated carbocycles. The Hall–Kier alpha value is -1.75. The molecule has 0 aromatic heterocycles. The van der Waals surface area contributed by atoms with E-state index in [4.69, 9.17) is 15.6 Å². The molecule has 0 amide bonds. The number of carboxylic acid groups (broad SMARTS) is 1. The van der Waals surface area contributed by atoms with Gasteiger partial charge >= 0.3 is 5.97 Å².